The number of nitrogens with one attached hydrogen (secondary N) is 1. The Morgan fingerprint density at radius 2 is 1.90 bits per heavy atom. The van der Waals surface area contributed by atoms with Crippen LogP contribution in [0.4, 0.5) is 5.69 Å². The van der Waals surface area contributed by atoms with E-state index >= 15 is 0 Å². The number of carbonyl (C=O) groups excluding carboxylic acids is 1. The molecule has 0 unspecified atom stereocenters. The zero-order valence-electron chi connectivity index (χ0n) is 11.7. The fraction of sp³-hybridized carbons (Fsp3) is 0.200. The minimum atomic E-state index is -0.276. The molecule has 2 rings (SSSR count). The lowest BCUT2D eigenvalue weighted by Crippen LogP contribution is -2.13. The highest BCUT2D eigenvalue weighted by atomic mass is 35.5. The number of amides is 1. The van der Waals surface area contributed by atoms with Crippen LogP contribution in [0, 0.1) is 0 Å². The molecule has 0 spiro atoms. The Bertz CT molecular complexity index is 642. The monoisotopic (exact) mass is 323 g/mol. The molecule has 2 aromatic rings. The van der Waals surface area contributed by atoms with Crippen LogP contribution in [-0.2, 0) is 6.54 Å². The highest BCUT2D eigenvalue weighted by molar-refractivity contribution is 6.41. The molecule has 1 N–H and O–H groups in total. The molecule has 0 saturated carbocycles. The fourth-order valence-electron chi connectivity index (χ4n) is 1.81. The molecule has 0 saturated heterocycles. The number of hydrogen-bond acceptors (Lipinski definition) is 3. The molecule has 0 aliphatic carbocycles. The minimum absolute atomic E-state index is 0.182. The van der Waals surface area contributed by atoms with Crippen LogP contribution in [0.15, 0.2) is 36.5 Å². The van der Waals surface area contributed by atoms with Crippen molar-refractivity contribution in [1.82, 2.24) is 9.88 Å². The van der Waals surface area contributed by atoms with E-state index in [1.165, 1.54) is 17.8 Å². The molecule has 0 fully saturated rings. The number of carbonyl (C=O) groups is 1. The highest BCUT2D eigenvalue weighted by Crippen LogP contribution is 2.20. The van der Waals surface area contributed by atoms with Crippen LogP contribution >= 0.6 is 23.2 Å². The lowest BCUT2D eigenvalue weighted by molar-refractivity contribution is 0.102. The van der Waals surface area contributed by atoms with Crippen LogP contribution in [0.1, 0.15) is 15.9 Å². The summed E-state index contributed by atoms with van der Waals surface area (Å²) >= 11 is 11.6. The van der Waals surface area contributed by atoms with E-state index in [2.05, 4.69) is 15.2 Å². The Morgan fingerprint density at radius 3 is 2.48 bits per heavy atom. The number of aromatic nitrogens is 1. The van der Waals surface area contributed by atoms with Crippen molar-refractivity contribution in [2.45, 2.75) is 6.54 Å². The first kappa shape index (κ1) is 15.8. The zero-order valence-corrected chi connectivity index (χ0v) is 13.2. The molecule has 1 aromatic heterocycles. The van der Waals surface area contributed by atoms with Gasteiger partial charge in [-0.2, -0.15) is 0 Å². The molecule has 1 amide bonds. The van der Waals surface area contributed by atoms with E-state index in [4.69, 9.17) is 23.2 Å². The summed E-state index contributed by atoms with van der Waals surface area (Å²) in [7, 11) is 4.01. The van der Waals surface area contributed by atoms with Gasteiger partial charge in [0.2, 0.25) is 0 Å². The molecular formula is C15H15Cl2N3O. The fourth-order valence-corrected chi connectivity index (χ4v) is 2.08. The quantitative estimate of drug-likeness (QED) is 0.872. The van der Waals surface area contributed by atoms with Crippen molar-refractivity contribution in [2.24, 2.45) is 0 Å². The van der Waals surface area contributed by atoms with Gasteiger partial charge in [0, 0.05) is 18.4 Å². The van der Waals surface area contributed by atoms with E-state index in [9.17, 15) is 4.79 Å². The van der Waals surface area contributed by atoms with Crippen LogP contribution in [0.5, 0.6) is 0 Å². The summed E-state index contributed by atoms with van der Waals surface area (Å²) < 4.78 is 0. The molecule has 1 aromatic carbocycles. The predicted molar refractivity (Wildman–Crippen MR) is 86.0 cm³/mol. The lowest BCUT2D eigenvalue weighted by Gasteiger charge is -2.10. The van der Waals surface area contributed by atoms with Gasteiger partial charge in [0.15, 0.2) is 0 Å². The standard InChI is InChI=1S/C15H15Cl2N3O/c1-20(2)9-10-3-5-12(6-4-10)19-15(21)11-7-13(16)14(17)18-8-11/h3-8H,9H2,1-2H3,(H,19,21). The molecule has 110 valence electrons. The Labute approximate surface area is 133 Å². The third-order valence-corrected chi connectivity index (χ3v) is 3.46. The summed E-state index contributed by atoms with van der Waals surface area (Å²) in [5.74, 6) is -0.276. The van der Waals surface area contributed by atoms with Gasteiger partial charge >= 0.3 is 0 Å². The Balaban J connectivity index is 2.06. The van der Waals surface area contributed by atoms with Gasteiger partial charge in [-0.1, -0.05) is 35.3 Å². The molecule has 0 aliphatic heterocycles. The van der Waals surface area contributed by atoms with E-state index < -0.39 is 0 Å². The van der Waals surface area contributed by atoms with E-state index in [0.717, 1.165) is 6.54 Å². The first-order chi connectivity index (χ1) is 9.95. The maximum atomic E-state index is 12.1. The summed E-state index contributed by atoms with van der Waals surface area (Å²) in [5.41, 5.74) is 2.25. The number of hydrogen-bond donors (Lipinski definition) is 1. The zero-order chi connectivity index (χ0) is 15.4. The summed E-state index contributed by atoms with van der Waals surface area (Å²) in [5, 5.41) is 3.23. The molecule has 1 heterocycles. The lowest BCUT2D eigenvalue weighted by atomic mass is 10.2. The van der Waals surface area contributed by atoms with Crippen LogP contribution < -0.4 is 5.32 Å². The third kappa shape index (κ3) is 4.43. The maximum absolute atomic E-state index is 12.1. The van der Waals surface area contributed by atoms with E-state index in [-0.39, 0.29) is 16.1 Å². The molecule has 4 nitrogen and oxygen atoms in total. The van der Waals surface area contributed by atoms with Gasteiger partial charge in [0.25, 0.3) is 5.91 Å². The van der Waals surface area contributed by atoms with Crippen molar-refractivity contribution < 1.29 is 4.79 Å². The third-order valence-electron chi connectivity index (χ3n) is 2.77. The first-order valence-electron chi connectivity index (χ1n) is 6.32. The average molecular weight is 324 g/mol. The molecule has 0 aliphatic rings. The van der Waals surface area contributed by atoms with Gasteiger partial charge in [0.1, 0.15) is 5.15 Å². The van der Waals surface area contributed by atoms with Crippen molar-refractivity contribution in [2.75, 3.05) is 19.4 Å². The van der Waals surface area contributed by atoms with E-state index in [0.29, 0.717) is 11.3 Å². The van der Waals surface area contributed by atoms with Gasteiger partial charge in [-0.25, -0.2) is 4.98 Å². The van der Waals surface area contributed by atoms with Crippen molar-refractivity contribution in [3.05, 3.63) is 57.8 Å². The second kappa shape index (κ2) is 6.89. The van der Waals surface area contributed by atoms with Gasteiger partial charge in [-0.15, -0.1) is 0 Å². The van der Waals surface area contributed by atoms with Crippen molar-refractivity contribution in [1.29, 1.82) is 0 Å². The number of pyridine rings is 1. The summed E-state index contributed by atoms with van der Waals surface area (Å²) in [4.78, 5) is 18.0. The predicted octanol–water partition coefficient (Wildman–Crippen LogP) is 3.70. The van der Waals surface area contributed by atoms with Crippen LogP contribution in [-0.4, -0.2) is 29.9 Å². The van der Waals surface area contributed by atoms with Crippen LogP contribution in [0.2, 0.25) is 10.2 Å². The van der Waals surface area contributed by atoms with Crippen LogP contribution in [0.3, 0.4) is 0 Å². The summed E-state index contributed by atoms with van der Waals surface area (Å²) in [6.07, 6.45) is 1.39. The van der Waals surface area contributed by atoms with Gasteiger partial charge < -0.3 is 10.2 Å². The molecule has 0 atom stereocenters. The number of rotatable bonds is 4. The largest absolute Gasteiger partial charge is 0.322 e. The van der Waals surface area contributed by atoms with Gasteiger partial charge in [-0.05, 0) is 37.9 Å². The first-order valence-corrected chi connectivity index (χ1v) is 7.07. The van der Waals surface area contributed by atoms with E-state index in [1.807, 2.05) is 38.4 Å². The minimum Gasteiger partial charge on any atom is -0.322 e. The number of halogens is 2. The van der Waals surface area contributed by atoms with Crippen LogP contribution in [0.25, 0.3) is 0 Å². The van der Waals surface area contributed by atoms with Gasteiger partial charge in [-0.3, -0.25) is 4.79 Å². The van der Waals surface area contributed by atoms with Crippen molar-refractivity contribution in [3.8, 4) is 0 Å². The molecule has 21 heavy (non-hydrogen) atoms. The molecule has 6 heteroatoms. The second-order valence-corrected chi connectivity index (χ2v) is 5.65. The molecule has 0 radical (unpaired) electrons. The number of benzene rings is 1. The number of anilines is 1. The second-order valence-electron chi connectivity index (χ2n) is 4.89. The Hall–Kier alpha value is -1.62. The summed E-state index contributed by atoms with van der Waals surface area (Å²) in [6.45, 7) is 0.852. The highest BCUT2D eigenvalue weighted by Gasteiger charge is 2.09. The van der Waals surface area contributed by atoms with Crippen molar-refractivity contribution >= 4 is 34.8 Å². The van der Waals surface area contributed by atoms with Crippen molar-refractivity contribution in [3.63, 3.8) is 0 Å². The molecular weight excluding hydrogens is 309 g/mol. The van der Waals surface area contributed by atoms with E-state index in [1.54, 1.807) is 0 Å². The SMILES string of the molecule is CN(C)Cc1ccc(NC(=O)c2cnc(Cl)c(Cl)c2)cc1. The topological polar surface area (TPSA) is 45.2 Å². The molecule has 0 bridgehead atoms. The normalized spacial score (nSPS) is 10.7. The Morgan fingerprint density at radius 1 is 1.24 bits per heavy atom. The smallest absolute Gasteiger partial charge is 0.257 e. The number of nitrogens with zero attached hydrogens (tertiary/aromatic N) is 2. The van der Waals surface area contributed by atoms with Gasteiger partial charge in [0.05, 0.1) is 10.6 Å². The maximum Gasteiger partial charge on any atom is 0.257 e. The summed E-state index contributed by atoms with van der Waals surface area (Å²) in [6, 6.07) is 9.17. The average Bonchev–Trinajstić information content (AvgIpc) is 2.43. The Kier molecular flexibility index (Phi) is 5.17.